The Bertz CT molecular complexity index is 493. The Morgan fingerprint density at radius 1 is 1.31 bits per heavy atom. The van der Waals surface area contributed by atoms with Crippen molar-refractivity contribution in [2.45, 2.75) is 0 Å². The van der Waals surface area contributed by atoms with Gasteiger partial charge in [-0.3, -0.25) is 0 Å². The van der Waals surface area contributed by atoms with Crippen LogP contribution in [0.25, 0.3) is 0 Å². The molecule has 0 amide bonds. The van der Waals surface area contributed by atoms with Gasteiger partial charge in [0.2, 0.25) is 0 Å². The normalized spacial score (nSPS) is 15.9. The summed E-state index contributed by atoms with van der Waals surface area (Å²) >= 11 is 3.32. The van der Waals surface area contributed by atoms with E-state index in [0.29, 0.717) is 15.7 Å². The van der Waals surface area contributed by atoms with Crippen molar-refractivity contribution >= 4 is 35.7 Å². The van der Waals surface area contributed by atoms with Gasteiger partial charge in [0.15, 0.2) is 0 Å². The molecule has 16 heavy (non-hydrogen) atoms. The van der Waals surface area contributed by atoms with Crippen LogP contribution in [0.2, 0.25) is 0 Å². The van der Waals surface area contributed by atoms with Gasteiger partial charge in [-0.15, -0.1) is 0 Å². The van der Waals surface area contributed by atoms with Crippen molar-refractivity contribution in [3.63, 3.8) is 0 Å². The molecule has 1 aliphatic rings. The maximum Gasteiger partial charge on any atom is 0.123 e. The van der Waals surface area contributed by atoms with Crippen molar-refractivity contribution in [1.29, 1.82) is 0 Å². The van der Waals surface area contributed by atoms with Gasteiger partial charge in [-0.25, -0.2) is 9.40 Å². The summed E-state index contributed by atoms with van der Waals surface area (Å²) in [6.45, 7) is 3.86. The Morgan fingerprint density at radius 3 is 2.56 bits per heavy atom. The number of hydrogen-bond acceptors (Lipinski definition) is 2. The molecule has 0 fully saturated rings. The number of allylic oxidation sites excluding steroid dienone is 2. The largest absolute Gasteiger partial charge is 0.233 e. The standard InChI is InChI=1S/C11H7BBrFN2/c1-7-11(13)10(12)6-15-16(7)9-4-2-8(14)3-5-9/h2-6H,1H2. The monoisotopic (exact) mass is 276 g/mol. The van der Waals surface area contributed by atoms with E-state index in [2.05, 4.69) is 27.6 Å². The molecule has 1 aliphatic heterocycles. The molecule has 0 N–H and O–H groups in total. The number of anilines is 1. The molecule has 2 radical (unpaired) electrons. The molecule has 5 heteroatoms. The van der Waals surface area contributed by atoms with Crippen molar-refractivity contribution in [2.75, 3.05) is 5.01 Å². The summed E-state index contributed by atoms with van der Waals surface area (Å²) < 4.78 is 13.5. The third-order valence-electron chi connectivity index (χ3n) is 2.15. The van der Waals surface area contributed by atoms with E-state index < -0.39 is 0 Å². The van der Waals surface area contributed by atoms with Crippen LogP contribution < -0.4 is 5.01 Å². The lowest BCUT2D eigenvalue weighted by atomic mass is 9.95. The smallest absolute Gasteiger partial charge is 0.123 e. The van der Waals surface area contributed by atoms with Crippen molar-refractivity contribution in [3.05, 3.63) is 52.3 Å². The Kier molecular flexibility index (Phi) is 2.96. The fourth-order valence-electron chi connectivity index (χ4n) is 1.31. The highest BCUT2D eigenvalue weighted by atomic mass is 79.9. The van der Waals surface area contributed by atoms with Crippen LogP contribution in [0.3, 0.4) is 0 Å². The zero-order chi connectivity index (χ0) is 11.7. The molecule has 0 spiro atoms. The van der Waals surface area contributed by atoms with Gasteiger partial charge in [0.05, 0.1) is 11.4 Å². The quantitative estimate of drug-likeness (QED) is 0.720. The second kappa shape index (κ2) is 4.25. The second-order valence-electron chi connectivity index (χ2n) is 3.25. The molecule has 0 aliphatic carbocycles. The van der Waals surface area contributed by atoms with E-state index in [4.69, 9.17) is 7.85 Å². The first kappa shape index (κ1) is 11.1. The van der Waals surface area contributed by atoms with Crippen molar-refractivity contribution in [2.24, 2.45) is 5.10 Å². The van der Waals surface area contributed by atoms with Crippen LogP contribution in [0.1, 0.15) is 0 Å². The summed E-state index contributed by atoms with van der Waals surface area (Å²) in [6, 6.07) is 5.99. The molecule has 2 rings (SSSR count). The highest BCUT2D eigenvalue weighted by Gasteiger charge is 2.16. The summed E-state index contributed by atoms with van der Waals surface area (Å²) in [5.74, 6) is -0.288. The van der Waals surface area contributed by atoms with E-state index in [9.17, 15) is 4.39 Å². The number of halogens is 2. The summed E-state index contributed by atoms with van der Waals surface area (Å²) in [4.78, 5) is 0. The highest BCUT2D eigenvalue weighted by molar-refractivity contribution is 9.12. The van der Waals surface area contributed by atoms with Gasteiger partial charge in [0, 0.05) is 10.7 Å². The van der Waals surface area contributed by atoms with Crippen molar-refractivity contribution in [3.8, 4) is 0 Å². The molecule has 0 atom stereocenters. The van der Waals surface area contributed by atoms with E-state index in [1.54, 1.807) is 17.1 Å². The molecular weight excluding hydrogens is 270 g/mol. The average Bonchev–Trinajstić information content (AvgIpc) is 2.28. The average molecular weight is 277 g/mol. The van der Waals surface area contributed by atoms with Crippen LogP contribution in [0, 0.1) is 5.82 Å². The van der Waals surface area contributed by atoms with Crippen molar-refractivity contribution < 1.29 is 4.39 Å². The topological polar surface area (TPSA) is 15.6 Å². The number of nitrogens with zero attached hydrogens (tertiary/aromatic N) is 2. The summed E-state index contributed by atoms with van der Waals surface area (Å²) in [5, 5.41) is 5.70. The minimum atomic E-state index is -0.288. The van der Waals surface area contributed by atoms with Crippen LogP contribution in [-0.2, 0) is 0 Å². The fourth-order valence-corrected chi connectivity index (χ4v) is 1.58. The first-order chi connectivity index (χ1) is 7.59. The predicted molar refractivity (Wildman–Crippen MR) is 68.2 cm³/mol. The number of hydrogen-bond donors (Lipinski definition) is 0. The van der Waals surface area contributed by atoms with E-state index in [1.165, 1.54) is 18.3 Å². The van der Waals surface area contributed by atoms with E-state index in [1.807, 2.05) is 0 Å². The van der Waals surface area contributed by atoms with E-state index in [0.717, 1.165) is 5.69 Å². The van der Waals surface area contributed by atoms with Gasteiger partial charge in [0.25, 0.3) is 0 Å². The van der Waals surface area contributed by atoms with E-state index >= 15 is 0 Å². The third-order valence-corrected chi connectivity index (χ3v) is 3.06. The lowest BCUT2D eigenvalue weighted by Crippen LogP contribution is -2.20. The minimum Gasteiger partial charge on any atom is -0.233 e. The van der Waals surface area contributed by atoms with Crippen LogP contribution in [0.4, 0.5) is 10.1 Å². The van der Waals surface area contributed by atoms with Gasteiger partial charge < -0.3 is 0 Å². The number of rotatable bonds is 1. The molecule has 1 aromatic rings. The molecule has 1 heterocycles. The molecule has 0 unspecified atom stereocenters. The Labute approximate surface area is 103 Å². The van der Waals surface area contributed by atoms with Crippen LogP contribution in [0.15, 0.2) is 51.6 Å². The van der Waals surface area contributed by atoms with Gasteiger partial charge in [-0.2, -0.15) is 5.10 Å². The summed E-state index contributed by atoms with van der Waals surface area (Å²) in [7, 11) is 5.67. The molecular formula is C11H7BBrFN2. The first-order valence-corrected chi connectivity index (χ1v) is 5.33. The highest BCUT2D eigenvalue weighted by Crippen LogP contribution is 2.30. The minimum absolute atomic E-state index is 0.288. The molecule has 2 nitrogen and oxygen atoms in total. The lowest BCUT2D eigenvalue weighted by molar-refractivity contribution is 0.627. The Hall–Kier alpha value is -1.36. The third kappa shape index (κ3) is 1.95. The molecule has 1 aromatic carbocycles. The predicted octanol–water partition coefficient (Wildman–Crippen LogP) is 2.92. The van der Waals surface area contributed by atoms with Gasteiger partial charge in [-0.1, -0.05) is 12.1 Å². The van der Waals surface area contributed by atoms with Crippen LogP contribution >= 0.6 is 15.9 Å². The zero-order valence-electron chi connectivity index (χ0n) is 8.32. The maximum atomic E-state index is 12.8. The van der Waals surface area contributed by atoms with Crippen molar-refractivity contribution in [1.82, 2.24) is 0 Å². The molecule has 0 aromatic heterocycles. The number of benzene rings is 1. The Balaban J connectivity index is 2.35. The molecule has 78 valence electrons. The zero-order valence-corrected chi connectivity index (χ0v) is 9.91. The first-order valence-electron chi connectivity index (χ1n) is 4.54. The molecule has 0 bridgehead atoms. The van der Waals surface area contributed by atoms with E-state index in [-0.39, 0.29) is 5.82 Å². The molecule has 0 saturated heterocycles. The Morgan fingerprint density at radius 2 is 1.94 bits per heavy atom. The van der Waals surface area contributed by atoms with Gasteiger partial charge in [-0.05, 0) is 40.2 Å². The second-order valence-corrected chi connectivity index (χ2v) is 4.04. The lowest BCUT2D eigenvalue weighted by Gasteiger charge is -2.25. The fraction of sp³-hybridized carbons (Fsp3) is 0. The van der Waals surface area contributed by atoms with Crippen LogP contribution in [0.5, 0.6) is 0 Å². The molecule has 0 saturated carbocycles. The summed E-state index contributed by atoms with van der Waals surface area (Å²) in [6.07, 6.45) is 1.52. The van der Waals surface area contributed by atoms with Gasteiger partial charge >= 0.3 is 0 Å². The van der Waals surface area contributed by atoms with Crippen LogP contribution in [-0.4, -0.2) is 14.1 Å². The maximum absolute atomic E-state index is 12.8. The number of hydrazone groups is 1. The van der Waals surface area contributed by atoms with Gasteiger partial charge in [0.1, 0.15) is 13.7 Å². The SMILES string of the molecule is [B]C1=C(Br)C(=C)N(c2ccc(F)cc2)N=C1. The summed E-state index contributed by atoms with van der Waals surface area (Å²) in [5.41, 5.74) is 1.86.